The van der Waals surface area contributed by atoms with Crippen LogP contribution in [0.1, 0.15) is 24.8 Å². The highest BCUT2D eigenvalue weighted by Gasteiger charge is 2.40. The standard InChI is InChI=1S/C12H12ClNOS/c1-16-9-3-4-11(13)10(7-9)12(14-8-15)5-2-6-12/h3-4,7H,2,5-6H2,1H3. The van der Waals surface area contributed by atoms with Crippen LogP contribution in [0.3, 0.4) is 0 Å². The predicted octanol–water partition coefficient (Wildman–Crippen LogP) is 3.78. The molecule has 1 aliphatic rings. The first-order chi connectivity index (χ1) is 7.72. The summed E-state index contributed by atoms with van der Waals surface area (Å²) in [6.45, 7) is 0. The highest BCUT2D eigenvalue weighted by molar-refractivity contribution is 7.98. The molecule has 0 N–H and O–H groups in total. The van der Waals surface area contributed by atoms with Crippen molar-refractivity contribution in [3.8, 4) is 0 Å². The van der Waals surface area contributed by atoms with Crippen molar-refractivity contribution in [3.05, 3.63) is 28.8 Å². The minimum absolute atomic E-state index is 0.398. The molecule has 1 aliphatic carbocycles. The molecule has 1 aromatic carbocycles. The summed E-state index contributed by atoms with van der Waals surface area (Å²) in [7, 11) is 0. The fourth-order valence-corrected chi connectivity index (χ4v) is 2.76. The van der Waals surface area contributed by atoms with E-state index < -0.39 is 5.54 Å². The molecule has 16 heavy (non-hydrogen) atoms. The largest absolute Gasteiger partial charge is 0.235 e. The number of hydrogen-bond donors (Lipinski definition) is 0. The van der Waals surface area contributed by atoms with Gasteiger partial charge in [-0.25, -0.2) is 4.79 Å². The third-order valence-corrected chi connectivity index (χ3v) is 4.17. The lowest BCUT2D eigenvalue weighted by Crippen LogP contribution is -2.32. The molecule has 1 fully saturated rings. The van der Waals surface area contributed by atoms with E-state index in [2.05, 4.69) is 4.99 Å². The Hall–Kier alpha value is -0.760. The topological polar surface area (TPSA) is 29.4 Å². The average molecular weight is 254 g/mol. The fraction of sp³-hybridized carbons (Fsp3) is 0.417. The molecule has 0 aliphatic heterocycles. The van der Waals surface area contributed by atoms with Gasteiger partial charge < -0.3 is 0 Å². The van der Waals surface area contributed by atoms with Crippen LogP contribution in [0.5, 0.6) is 0 Å². The van der Waals surface area contributed by atoms with Gasteiger partial charge in [-0.1, -0.05) is 11.6 Å². The van der Waals surface area contributed by atoms with Crippen molar-refractivity contribution in [2.75, 3.05) is 6.26 Å². The Labute approximate surface area is 104 Å². The highest BCUT2D eigenvalue weighted by atomic mass is 35.5. The summed E-state index contributed by atoms with van der Waals surface area (Å²) in [5.41, 5.74) is 0.570. The van der Waals surface area contributed by atoms with Crippen LogP contribution in [0.2, 0.25) is 5.02 Å². The smallest absolute Gasteiger partial charge is 0.211 e. The van der Waals surface area contributed by atoms with Crippen molar-refractivity contribution in [1.82, 2.24) is 0 Å². The van der Waals surface area contributed by atoms with Crippen molar-refractivity contribution in [3.63, 3.8) is 0 Å². The van der Waals surface area contributed by atoms with Crippen molar-refractivity contribution in [1.29, 1.82) is 0 Å². The molecule has 0 radical (unpaired) electrons. The Kier molecular flexibility index (Phi) is 3.38. The molecule has 0 heterocycles. The van der Waals surface area contributed by atoms with E-state index in [0.717, 1.165) is 29.7 Å². The van der Waals surface area contributed by atoms with E-state index >= 15 is 0 Å². The summed E-state index contributed by atoms with van der Waals surface area (Å²) >= 11 is 7.85. The second kappa shape index (κ2) is 4.62. The lowest BCUT2D eigenvalue weighted by atomic mass is 9.72. The Balaban J connectivity index is 2.48. The maximum absolute atomic E-state index is 10.5. The Morgan fingerprint density at radius 1 is 1.50 bits per heavy atom. The van der Waals surface area contributed by atoms with Gasteiger partial charge in [-0.2, -0.15) is 4.99 Å². The van der Waals surface area contributed by atoms with Gasteiger partial charge in [-0.3, -0.25) is 0 Å². The van der Waals surface area contributed by atoms with E-state index in [1.807, 2.05) is 24.5 Å². The van der Waals surface area contributed by atoms with Crippen molar-refractivity contribution < 1.29 is 4.79 Å². The van der Waals surface area contributed by atoms with E-state index in [-0.39, 0.29) is 0 Å². The third kappa shape index (κ3) is 1.91. The Morgan fingerprint density at radius 2 is 2.25 bits per heavy atom. The zero-order valence-electron chi connectivity index (χ0n) is 9.00. The number of rotatable bonds is 3. The minimum Gasteiger partial charge on any atom is -0.211 e. The summed E-state index contributed by atoms with van der Waals surface area (Å²) in [5, 5.41) is 0.691. The number of isocyanates is 1. The van der Waals surface area contributed by atoms with Crippen LogP contribution in [0.25, 0.3) is 0 Å². The molecule has 0 aromatic heterocycles. The lowest BCUT2D eigenvalue weighted by Gasteiger charge is -2.37. The maximum atomic E-state index is 10.5. The summed E-state index contributed by atoms with van der Waals surface area (Å²) < 4.78 is 0. The zero-order valence-corrected chi connectivity index (χ0v) is 10.6. The van der Waals surface area contributed by atoms with Gasteiger partial charge in [0, 0.05) is 15.5 Å². The molecule has 0 saturated heterocycles. The summed E-state index contributed by atoms with van der Waals surface area (Å²) in [6.07, 6.45) is 6.57. The second-order valence-electron chi connectivity index (χ2n) is 3.93. The lowest BCUT2D eigenvalue weighted by molar-refractivity contribution is 0.255. The van der Waals surface area contributed by atoms with Crippen molar-refractivity contribution in [2.45, 2.75) is 29.7 Å². The first-order valence-corrected chi connectivity index (χ1v) is 6.75. The number of benzene rings is 1. The van der Waals surface area contributed by atoms with Gasteiger partial charge >= 0.3 is 0 Å². The molecule has 0 atom stereocenters. The third-order valence-electron chi connectivity index (χ3n) is 3.12. The molecule has 2 rings (SSSR count). The summed E-state index contributed by atoms with van der Waals surface area (Å²) in [5.74, 6) is 0. The Bertz CT molecular complexity index is 450. The quantitative estimate of drug-likeness (QED) is 0.466. The van der Waals surface area contributed by atoms with E-state index in [1.165, 1.54) is 0 Å². The summed E-state index contributed by atoms with van der Waals surface area (Å²) in [4.78, 5) is 15.6. The molecule has 0 amide bonds. The summed E-state index contributed by atoms with van der Waals surface area (Å²) in [6, 6.07) is 5.89. The first-order valence-electron chi connectivity index (χ1n) is 5.15. The predicted molar refractivity (Wildman–Crippen MR) is 66.9 cm³/mol. The SMILES string of the molecule is CSc1ccc(Cl)c(C2(N=C=O)CCC2)c1. The Morgan fingerprint density at radius 3 is 2.75 bits per heavy atom. The first kappa shape index (κ1) is 11.7. The average Bonchev–Trinajstić information content (AvgIpc) is 2.25. The van der Waals surface area contributed by atoms with Gasteiger partial charge in [0.2, 0.25) is 6.08 Å². The van der Waals surface area contributed by atoms with E-state index in [0.29, 0.717) is 5.02 Å². The van der Waals surface area contributed by atoms with Crippen LogP contribution in [-0.2, 0) is 10.3 Å². The van der Waals surface area contributed by atoms with Crippen molar-refractivity contribution >= 4 is 29.4 Å². The molecule has 1 aromatic rings. The number of hydrogen-bond acceptors (Lipinski definition) is 3. The zero-order chi connectivity index (χ0) is 11.6. The fourth-order valence-electron chi connectivity index (χ4n) is 2.03. The van der Waals surface area contributed by atoms with Crippen LogP contribution < -0.4 is 0 Å². The van der Waals surface area contributed by atoms with E-state index in [1.54, 1.807) is 17.8 Å². The molecular formula is C12H12ClNOS. The molecule has 2 nitrogen and oxygen atoms in total. The number of nitrogens with zero attached hydrogens (tertiary/aromatic N) is 1. The van der Waals surface area contributed by atoms with E-state index in [9.17, 15) is 4.79 Å². The van der Waals surface area contributed by atoms with Crippen molar-refractivity contribution in [2.24, 2.45) is 4.99 Å². The molecule has 0 spiro atoms. The number of carbonyl (C=O) groups excluding carboxylic acids is 1. The molecule has 0 bridgehead atoms. The van der Waals surface area contributed by atoms with Gasteiger partial charge in [0.05, 0.1) is 5.54 Å². The van der Waals surface area contributed by atoms with Crippen LogP contribution in [-0.4, -0.2) is 12.3 Å². The molecule has 84 valence electrons. The van der Waals surface area contributed by atoms with Gasteiger partial charge in [0.25, 0.3) is 0 Å². The van der Waals surface area contributed by atoms with Gasteiger partial charge in [-0.15, -0.1) is 11.8 Å². The number of thioether (sulfide) groups is 1. The number of aliphatic imine (C=N–C) groups is 1. The van der Waals surface area contributed by atoms with Crippen LogP contribution in [0, 0.1) is 0 Å². The van der Waals surface area contributed by atoms with Gasteiger partial charge in [-0.05, 0) is 43.7 Å². The van der Waals surface area contributed by atoms with Gasteiger partial charge in [0.1, 0.15) is 0 Å². The molecule has 0 unspecified atom stereocenters. The molecule has 4 heteroatoms. The van der Waals surface area contributed by atoms with E-state index in [4.69, 9.17) is 11.6 Å². The maximum Gasteiger partial charge on any atom is 0.235 e. The van der Waals surface area contributed by atoms with Crippen LogP contribution in [0.4, 0.5) is 0 Å². The minimum atomic E-state index is -0.398. The van der Waals surface area contributed by atoms with Crippen LogP contribution in [0.15, 0.2) is 28.1 Å². The normalized spacial score (nSPS) is 17.4. The number of halogens is 1. The second-order valence-corrected chi connectivity index (χ2v) is 5.22. The van der Waals surface area contributed by atoms with Gasteiger partial charge in [0.15, 0.2) is 0 Å². The molecular weight excluding hydrogens is 242 g/mol. The van der Waals surface area contributed by atoms with Crippen LogP contribution >= 0.6 is 23.4 Å². The highest BCUT2D eigenvalue weighted by Crippen LogP contribution is 2.47. The monoisotopic (exact) mass is 253 g/mol. The molecule has 1 saturated carbocycles.